The standard InChI is InChI=1S/C21H16F2N6/c22-17-7-2-6-16(20(17)23)21-26-18-11-25-28(13-19(18)27-21)12-14-4-1-5-15(10-14)29-9-3-8-24-29/h1-11H,12-13H2,(H,26,27). The highest BCUT2D eigenvalue weighted by Gasteiger charge is 2.20. The third kappa shape index (κ3) is 3.29. The molecule has 0 unspecified atom stereocenters. The molecule has 2 aromatic heterocycles. The number of rotatable bonds is 4. The zero-order chi connectivity index (χ0) is 19.8. The number of benzene rings is 2. The van der Waals surface area contributed by atoms with Crippen LogP contribution in [0.4, 0.5) is 8.78 Å². The Hall–Kier alpha value is -3.81. The van der Waals surface area contributed by atoms with Gasteiger partial charge in [-0.2, -0.15) is 10.2 Å². The molecule has 0 radical (unpaired) electrons. The topological polar surface area (TPSA) is 62.1 Å². The Labute approximate surface area is 165 Å². The second-order valence-corrected chi connectivity index (χ2v) is 6.74. The summed E-state index contributed by atoms with van der Waals surface area (Å²) in [4.78, 5) is 7.47. The van der Waals surface area contributed by atoms with Crippen molar-refractivity contribution in [3.8, 4) is 17.1 Å². The number of hydrogen-bond acceptors (Lipinski definition) is 4. The van der Waals surface area contributed by atoms with Gasteiger partial charge in [-0.05, 0) is 35.9 Å². The fraction of sp³-hybridized carbons (Fsp3) is 0.0952. The molecule has 0 atom stereocenters. The summed E-state index contributed by atoms with van der Waals surface area (Å²) < 4.78 is 29.4. The van der Waals surface area contributed by atoms with E-state index in [0.29, 0.717) is 24.6 Å². The lowest BCUT2D eigenvalue weighted by molar-refractivity contribution is 0.265. The van der Waals surface area contributed by atoms with Gasteiger partial charge in [0.1, 0.15) is 11.5 Å². The van der Waals surface area contributed by atoms with Crippen molar-refractivity contribution in [3.05, 3.63) is 89.5 Å². The number of hydrazone groups is 1. The minimum Gasteiger partial charge on any atom is -0.340 e. The molecule has 144 valence electrons. The number of imidazole rings is 1. The van der Waals surface area contributed by atoms with E-state index in [0.717, 1.165) is 23.0 Å². The molecular weight excluding hydrogens is 374 g/mol. The number of hydrogen-bond donors (Lipinski definition) is 1. The Kier molecular flexibility index (Phi) is 4.16. The van der Waals surface area contributed by atoms with Crippen LogP contribution >= 0.6 is 0 Å². The summed E-state index contributed by atoms with van der Waals surface area (Å²) in [6.07, 6.45) is 5.26. The van der Waals surface area contributed by atoms with Crippen LogP contribution in [0.1, 0.15) is 17.0 Å². The third-order valence-corrected chi connectivity index (χ3v) is 4.75. The van der Waals surface area contributed by atoms with E-state index in [1.54, 1.807) is 17.1 Å². The summed E-state index contributed by atoms with van der Waals surface area (Å²) in [5, 5.41) is 10.6. The van der Waals surface area contributed by atoms with Crippen LogP contribution < -0.4 is 0 Å². The van der Waals surface area contributed by atoms with Crippen LogP contribution in [0.2, 0.25) is 0 Å². The van der Waals surface area contributed by atoms with Gasteiger partial charge in [0.25, 0.3) is 0 Å². The predicted octanol–water partition coefficient (Wildman–Crippen LogP) is 3.89. The summed E-state index contributed by atoms with van der Waals surface area (Å²) >= 11 is 0. The molecule has 0 amide bonds. The van der Waals surface area contributed by atoms with Crippen molar-refractivity contribution >= 4 is 6.21 Å². The van der Waals surface area contributed by atoms with Crippen LogP contribution in [-0.2, 0) is 13.1 Å². The van der Waals surface area contributed by atoms with Gasteiger partial charge in [0.15, 0.2) is 11.6 Å². The molecule has 6 nitrogen and oxygen atoms in total. The molecule has 29 heavy (non-hydrogen) atoms. The predicted molar refractivity (Wildman–Crippen MR) is 104 cm³/mol. The van der Waals surface area contributed by atoms with Gasteiger partial charge in [-0.15, -0.1) is 0 Å². The van der Waals surface area contributed by atoms with Gasteiger partial charge in [0, 0.05) is 12.4 Å². The molecule has 0 fully saturated rings. The molecular formula is C21H16F2N6. The highest BCUT2D eigenvalue weighted by Crippen LogP contribution is 2.25. The molecule has 1 aliphatic rings. The summed E-state index contributed by atoms with van der Waals surface area (Å²) in [7, 11) is 0. The molecule has 3 heterocycles. The van der Waals surface area contributed by atoms with Crippen molar-refractivity contribution in [1.82, 2.24) is 24.8 Å². The van der Waals surface area contributed by atoms with Gasteiger partial charge in [-0.1, -0.05) is 18.2 Å². The van der Waals surface area contributed by atoms with E-state index < -0.39 is 11.6 Å². The number of aromatic nitrogens is 4. The van der Waals surface area contributed by atoms with Gasteiger partial charge in [-0.25, -0.2) is 18.4 Å². The van der Waals surface area contributed by atoms with Crippen LogP contribution in [0.25, 0.3) is 17.1 Å². The van der Waals surface area contributed by atoms with E-state index in [9.17, 15) is 8.78 Å². The Morgan fingerprint density at radius 1 is 1.07 bits per heavy atom. The maximum absolute atomic E-state index is 14.1. The highest BCUT2D eigenvalue weighted by molar-refractivity contribution is 5.80. The molecule has 1 N–H and O–H groups in total. The lowest BCUT2D eigenvalue weighted by Crippen LogP contribution is -2.21. The van der Waals surface area contributed by atoms with Crippen molar-refractivity contribution in [1.29, 1.82) is 0 Å². The van der Waals surface area contributed by atoms with Crippen molar-refractivity contribution in [2.45, 2.75) is 13.1 Å². The molecule has 5 rings (SSSR count). The van der Waals surface area contributed by atoms with Gasteiger partial charge in [0.05, 0.1) is 36.2 Å². The lowest BCUT2D eigenvalue weighted by Gasteiger charge is -2.21. The minimum atomic E-state index is -0.914. The Balaban J connectivity index is 1.36. The Bertz CT molecular complexity index is 1200. The van der Waals surface area contributed by atoms with Crippen molar-refractivity contribution < 1.29 is 8.78 Å². The normalized spacial score (nSPS) is 13.0. The smallest absolute Gasteiger partial charge is 0.169 e. The quantitative estimate of drug-likeness (QED) is 0.575. The van der Waals surface area contributed by atoms with Gasteiger partial charge < -0.3 is 4.98 Å². The highest BCUT2D eigenvalue weighted by atomic mass is 19.2. The molecule has 1 aliphatic heterocycles. The number of nitrogens with one attached hydrogen (secondary N) is 1. The number of H-pyrrole nitrogens is 1. The largest absolute Gasteiger partial charge is 0.340 e. The molecule has 0 aliphatic carbocycles. The van der Waals surface area contributed by atoms with E-state index >= 15 is 0 Å². The SMILES string of the molecule is Fc1cccc(-c2nc3c([nH]2)CN(Cc2cccc(-n4cccn4)c2)N=C3)c1F. The molecule has 2 aromatic carbocycles. The van der Waals surface area contributed by atoms with E-state index in [1.807, 2.05) is 35.5 Å². The number of aromatic amines is 1. The molecule has 4 aromatic rings. The van der Waals surface area contributed by atoms with Crippen LogP contribution in [-0.4, -0.2) is 31.0 Å². The average molecular weight is 390 g/mol. The summed E-state index contributed by atoms with van der Waals surface area (Å²) in [5.74, 6) is -1.52. The molecule has 0 bridgehead atoms. The first-order chi connectivity index (χ1) is 14.2. The average Bonchev–Trinajstić information content (AvgIpc) is 3.40. The van der Waals surface area contributed by atoms with Crippen LogP contribution in [0.15, 0.2) is 66.0 Å². The second-order valence-electron chi connectivity index (χ2n) is 6.74. The maximum atomic E-state index is 14.1. The van der Waals surface area contributed by atoms with E-state index in [-0.39, 0.29) is 5.56 Å². The van der Waals surface area contributed by atoms with E-state index in [2.05, 4.69) is 26.2 Å². The van der Waals surface area contributed by atoms with Gasteiger partial charge >= 0.3 is 0 Å². The number of fused-ring (bicyclic) bond motifs is 1. The van der Waals surface area contributed by atoms with Crippen LogP contribution in [0.5, 0.6) is 0 Å². The molecule has 0 saturated heterocycles. The number of nitrogens with zero attached hydrogens (tertiary/aromatic N) is 5. The second kappa shape index (κ2) is 6.97. The summed E-state index contributed by atoms with van der Waals surface area (Å²) in [5.41, 5.74) is 3.59. The third-order valence-electron chi connectivity index (χ3n) is 4.75. The first-order valence-electron chi connectivity index (χ1n) is 9.08. The summed E-state index contributed by atoms with van der Waals surface area (Å²) in [6, 6.07) is 14.0. The van der Waals surface area contributed by atoms with Crippen molar-refractivity contribution in [2.75, 3.05) is 0 Å². The summed E-state index contributed by atoms with van der Waals surface area (Å²) in [6.45, 7) is 1.08. The monoisotopic (exact) mass is 390 g/mol. The zero-order valence-corrected chi connectivity index (χ0v) is 15.3. The fourth-order valence-corrected chi connectivity index (χ4v) is 3.35. The maximum Gasteiger partial charge on any atom is 0.169 e. The van der Waals surface area contributed by atoms with Crippen molar-refractivity contribution in [3.63, 3.8) is 0 Å². The Morgan fingerprint density at radius 2 is 1.97 bits per heavy atom. The van der Waals surface area contributed by atoms with Crippen LogP contribution in [0.3, 0.4) is 0 Å². The zero-order valence-electron chi connectivity index (χ0n) is 15.3. The molecule has 0 saturated carbocycles. The van der Waals surface area contributed by atoms with Gasteiger partial charge in [-0.3, -0.25) is 5.01 Å². The first kappa shape index (κ1) is 17.3. The first-order valence-corrected chi connectivity index (χ1v) is 9.08. The number of halogens is 2. The van der Waals surface area contributed by atoms with E-state index in [1.165, 1.54) is 12.1 Å². The minimum absolute atomic E-state index is 0.103. The fourth-order valence-electron chi connectivity index (χ4n) is 3.35. The lowest BCUT2D eigenvalue weighted by atomic mass is 10.2. The van der Waals surface area contributed by atoms with Gasteiger partial charge in [0.2, 0.25) is 0 Å². The van der Waals surface area contributed by atoms with E-state index in [4.69, 9.17) is 0 Å². The Morgan fingerprint density at radius 3 is 2.83 bits per heavy atom. The van der Waals surface area contributed by atoms with Crippen LogP contribution in [0, 0.1) is 11.6 Å². The molecule has 8 heteroatoms. The molecule has 0 spiro atoms. The van der Waals surface area contributed by atoms with Crippen molar-refractivity contribution in [2.24, 2.45) is 5.10 Å².